The molecule has 0 aliphatic carbocycles. The van der Waals surface area contributed by atoms with E-state index in [0.717, 1.165) is 37.3 Å². The number of carbonyl (C=O) groups is 1. The fourth-order valence-electron chi connectivity index (χ4n) is 3.24. The summed E-state index contributed by atoms with van der Waals surface area (Å²) in [6, 6.07) is 12.7. The minimum absolute atomic E-state index is 0.0234. The molecule has 3 rings (SSSR count). The predicted octanol–water partition coefficient (Wildman–Crippen LogP) is 2.90. The molecule has 0 bridgehead atoms. The van der Waals surface area contributed by atoms with Gasteiger partial charge in [-0.05, 0) is 61.3 Å². The highest BCUT2D eigenvalue weighted by Crippen LogP contribution is 2.14. The molecule has 1 saturated heterocycles. The molecule has 0 saturated carbocycles. The molecule has 1 N–H and O–H groups in total. The Bertz CT molecular complexity index is 890. The van der Waals surface area contributed by atoms with Crippen LogP contribution in [0.2, 0.25) is 0 Å². The zero-order chi connectivity index (χ0) is 20.0. The van der Waals surface area contributed by atoms with Gasteiger partial charge in [-0.15, -0.1) is 0 Å². The number of hydrogen-bond donors (Lipinski definition) is 1. The number of likely N-dealkylation sites (tertiary alicyclic amines) is 1. The molecule has 0 radical (unpaired) electrons. The van der Waals surface area contributed by atoms with Crippen molar-refractivity contribution in [2.45, 2.75) is 37.2 Å². The third kappa shape index (κ3) is 5.87. The van der Waals surface area contributed by atoms with Gasteiger partial charge >= 0.3 is 0 Å². The Morgan fingerprint density at radius 1 is 0.964 bits per heavy atom. The lowest BCUT2D eigenvalue weighted by molar-refractivity contribution is -0.120. The highest BCUT2D eigenvalue weighted by molar-refractivity contribution is 7.91. The van der Waals surface area contributed by atoms with Crippen molar-refractivity contribution in [2.75, 3.05) is 18.8 Å². The summed E-state index contributed by atoms with van der Waals surface area (Å²) in [5.41, 5.74) is 2.22. The van der Waals surface area contributed by atoms with Gasteiger partial charge in [0.1, 0.15) is 5.82 Å². The minimum Gasteiger partial charge on any atom is -0.352 e. The minimum atomic E-state index is -3.60. The van der Waals surface area contributed by atoms with E-state index in [1.165, 1.54) is 30.5 Å². The summed E-state index contributed by atoms with van der Waals surface area (Å²) in [5.74, 6) is -1.13. The Kier molecular flexibility index (Phi) is 6.80. The van der Waals surface area contributed by atoms with Gasteiger partial charge < -0.3 is 5.32 Å². The Balaban J connectivity index is 1.44. The molecule has 1 aliphatic rings. The summed E-state index contributed by atoms with van der Waals surface area (Å²) in [5, 5.41) is 2.75. The third-order valence-electron chi connectivity index (χ3n) is 4.89. The van der Waals surface area contributed by atoms with Crippen LogP contribution in [0.5, 0.6) is 0 Å². The van der Waals surface area contributed by atoms with Crippen molar-refractivity contribution in [1.82, 2.24) is 10.2 Å². The molecule has 1 aliphatic heterocycles. The lowest BCUT2D eigenvalue weighted by Crippen LogP contribution is -2.25. The molecule has 2 aromatic rings. The van der Waals surface area contributed by atoms with Crippen LogP contribution in [0.4, 0.5) is 4.39 Å². The van der Waals surface area contributed by atoms with Crippen molar-refractivity contribution in [3.8, 4) is 0 Å². The first-order valence-corrected chi connectivity index (χ1v) is 11.1. The second kappa shape index (κ2) is 9.30. The molecule has 0 atom stereocenters. The van der Waals surface area contributed by atoms with Gasteiger partial charge in [0, 0.05) is 19.5 Å². The van der Waals surface area contributed by atoms with Crippen LogP contribution in [-0.4, -0.2) is 38.1 Å². The predicted molar refractivity (Wildman–Crippen MR) is 106 cm³/mol. The topological polar surface area (TPSA) is 66.5 Å². The van der Waals surface area contributed by atoms with Gasteiger partial charge in [-0.2, -0.15) is 0 Å². The van der Waals surface area contributed by atoms with E-state index in [4.69, 9.17) is 0 Å². The van der Waals surface area contributed by atoms with Crippen LogP contribution >= 0.6 is 0 Å². The molecule has 5 nitrogen and oxygen atoms in total. The maximum atomic E-state index is 12.9. The Hall–Kier alpha value is -2.25. The molecule has 150 valence electrons. The number of hydrogen-bond acceptors (Lipinski definition) is 4. The molecule has 0 aromatic heterocycles. The first kappa shape index (κ1) is 20.5. The van der Waals surface area contributed by atoms with Crippen LogP contribution in [0.3, 0.4) is 0 Å². The fraction of sp³-hybridized carbons (Fsp3) is 0.381. The van der Waals surface area contributed by atoms with Crippen molar-refractivity contribution in [3.63, 3.8) is 0 Å². The largest absolute Gasteiger partial charge is 0.352 e. The molecular formula is C21H25FN2O3S. The van der Waals surface area contributed by atoms with E-state index in [2.05, 4.69) is 22.3 Å². The molecule has 1 amide bonds. The Morgan fingerprint density at radius 2 is 1.57 bits per heavy atom. The molecule has 7 heteroatoms. The van der Waals surface area contributed by atoms with Gasteiger partial charge in [0.15, 0.2) is 9.84 Å². The highest BCUT2D eigenvalue weighted by atomic mass is 32.2. The number of sulfone groups is 1. The van der Waals surface area contributed by atoms with Gasteiger partial charge in [-0.25, -0.2) is 12.8 Å². The summed E-state index contributed by atoms with van der Waals surface area (Å²) in [7, 11) is -3.60. The van der Waals surface area contributed by atoms with Gasteiger partial charge in [-0.1, -0.05) is 24.3 Å². The Labute approximate surface area is 165 Å². The molecule has 0 unspecified atom stereocenters. The highest BCUT2D eigenvalue weighted by Gasteiger charge is 2.16. The van der Waals surface area contributed by atoms with E-state index in [0.29, 0.717) is 6.54 Å². The van der Waals surface area contributed by atoms with E-state index >= 15 is 0 Å². The van der Waals surface area contributed by atoms with Gasteiger partial charge in [0.05, 0.1) is 10.6 Å². The maximum absolute atomic E-state index is 12.9. The maximum Gasteiger partial charge on any atom is 0.221 e. The SMILES string of the molecule is O=C(CCS(=O)(=O)c1ccc(F)cc1)NCc1ccc(CN2CCCC2)cc1. The normalized spacial score (nSPS) is 14.9. The third-order valence-corrected chi connectivity index (χ3v) is 6.62. The lowest BCUT2D eigenvalue weighted by atomic mass is 10.1. The zero-order valence-corrected chi connectivity index (χ0v) is 16.6. The average Bonchev–Trinajstić information content (AvgIpc) is 3.19. The van der Waals surface area contributed by atoms with Crippen molar-refractivity contribution in [3.05, 3.63) is 65.5 Å². The van der Waals surface area contributed by atoms with E-state index in [-0.39, 0.29) is 23.0 Å². The smallest absolute Gasteiger partial charge is 0.221 e. The van der Waals surface area contributed by atoms with E-state index < -0.39 is 15.7 Å². The summed E-state index contributed by atoms with van der Waals surface area (Å²) >= 11 is 0. The van der Waals surface area contributed by atoms with E-state index in [1.54, 1.807) is 0 Å². The Morgan fingerprint density at radius 3 is 2.21 bits per heavy atom. The number of nitrogens with zero attached hydrogens (tertiary/aromatic N) is 1. The molecule has 0 spiro atoms. The van der Waals surface area contributed by atoms with Crippen LogP contribution in [0.1, 0.15) is 30.4 Å². The van der Waals surface area contributed by atoms with Gasteiger partial charge in [-0.3, -0.25) is 9.69 Å². The monoisotopic (exact) mass is 404 g/mol. The van der Waals surface area contributed by atoms with Crippen molar-refractivity contribution >= 4 is 15.7 Å². The number of nitrogens with one attached hydrogen (secondary N) is 1. The number of amides is 1. The van der Waals surface area contributed by atoms with Crippen LogP contribution < -0.4 is 5.32 Å². The summed E-state index contributed by atoms with van der Waals surface area (Å²) in [6.45, 7) is 3.62. The van der Waals surface area contributed by atoms with Crippen LogP contribution in [0.15, 0.2) is 53.4 Å². The number of benzene rings is 2. The summed E-state index contributed by atoms with van der Waals surface area (Å²) in [6.07, 6.45) is 2.40. The average molecular weight is 405 g/mol. The quantitative estimate of drug-likeness (QED) is 0.687. The standard InChI is InChI=1S/C21H25FN2O3S/c22-19-7-9-20(10-8-19)28(26,27)14-11-21(25)23-15-17-3-5-18(6-4-17)16-24-12-1-2-13-24/h3-10H,1-2,11-16H2,(H,23,25). The van der Waals surface area contributed by atoms with Crippen molar-refractivity contribution < 1.29 is 17.6 Å². The second-order valence-electron chi connectivity index (χ2n) is 7.10. The second-order valence-corrected chi connectivity index (χ2v) is 9.21. The first-order valence-electron chi connectivity index (χ1n) is 9.47. The van der Waals surface area contributed by atoms with Gasteiger partial charge in [0.25, 0.3) is 0 Å². The molecule has 1 heterocycles. The van der Waals surface area contributed by atoms with Crippen LogP contribution in [-0.2, 0) is 27.7 Å². The lowest BCUT2D eigenvalue weighted by Gasteiger charge is -2.14. The van der Waals surface area contributed by atoms with E-state index in [9.17, 15) is 17.6 Å². The molecular weight excluding hydrogens is 379 g/mol. The zero-order valence-electron chi connectivity index (χ0n) is 15.7. The summed E-state index contributed by atoms with van der Waals surface area (Å²) in [4.78, 5) is 14.5. The molecule has 2 aromatic carbocycles. The fourth-order valence-corrected chi connectivity index (χ4v) is 4.48. The number of rotatable bonds is 8. The first-order chi connectivity index (χ1) is 13.4. The summed E-state index contributed by atoms with van der Waals surface area (Å²) < 4.78 is 37.3. The van der Waals surface area contributed by atoms with Crippen molar-refractivity contribution in [1.29, 1.82) is 0 Å². The van der Waals surface area contributed by atoms with Crippen molar-refractivity contribution in [2.24, 2.45) is 0 Å². The molecule has 1 fully saturated rings. The van der Waals surface area contributed by atoms with Gasteiger partial charge in [0.2, 0.25) is 5.91 Å². The van der Waals surface area contributed by atoms with Crippen LogP contribution in [0.25, 0.3) is 0 Å². The number of carbonyl (C=O) groups excluding carboxylic acids is 1. The molecule has 28 heavy (non-hydrogen) atoms. The number of halogens is 1. The van der Waals surface area contributed by atoms with Crippen LogP contribution in [0, 0.1) is 5.82 Å². The van der Waals surface area contributed by atoms with E-state index in [1.807, 2.05) is 12.1 Å².